The Balaban J connectivity index is 0.00000160. The molecule has 1 saturated heterocycles. The van der Waals surface area contributed by atoms with Gasteiger partial charge in [-0.1, -0.05) is 30.3 Å². The first-order valence-corrected chi connectivity index (χ1v) is 10.2. The van der Waals surface area contributed by atoms with Crippen molar-refractivity contribution in [2.75, 3.05) is 25.6 Å². The molecular formula is C23H31Cl2N3O2. The summed E-state index contributed by atoms with van der Waals surface area (Å²) in [4.78, 5) is 13.9. The van der Waals surface area contributed by atoms with Crippen LogP contribution in [0.3, 0.4) is 0 Å². The van der Waals surface area contributed by atoms with Crippen LogP contribution in [0.1, 0.15) is 42.0 Å². The number of anilines is 1. The zero-order chi connectivity index (χ0) is 19.5. The molecule has 2 atom stereocenters. The molecule has 2 aliphatic rings. The third-order valence-electron chi connectivity index (χ3n) is 6.00. The Morgan fingerprint density at radius 1 is 1.17 bits per heavy atom. The highest BCUT2D eigenvalue weighted by Gasteiger charge is 2.27. The van der Waals surface area contributed by atoms with Gasteiger partial charge < -0.3 is 20.3 Å². The van der Waals surface area contributed by atoms with Gasteiger partial charge in [0.25, 0.3) is 0 Å². The highest BCUT2D eigenvalue weighted by Crippen LogP contribution is 2.34. The van der Waals surface area contributed by atoms with E-state index in [9.17, 15) is 4.79 Å². The number of carbonyl (C=O) groups excluding carboxylic acids is 1. The van der Waals surface area contributed by atoms with Crippen molar-refractivity contribution >= 4 is 36.4 Å². The second-order valence-corrected chi connectivity index (χ2v) is 7.72. The van der Waals surface area contributed by atoms with E-state index in [0.29, 0.717) is 25.0 Å². The Kier molecular flexibility index (Phi) is 8.98. The highest BCUT2D eigenvalue weighted by atomic mass is 35.5. The van der Waals surface area contributed by atoms with Crippen LogP contribution in [-0.2, 0) is 17.8 Å². The lowest BCUT2D eigenvalue weighted by molar-refractivity contribution is -0.118. The maximum Gasteiger partial charge on any atom is 0.227 e. The van der Waals surface area contributed by atoms with Crippen molar-refractivity contribution in [2.24, 2.45) is 0 Å². The summed E-state index contributed by atoms with van der Waals surface area (Å²) >= 11 is 0. The van der Waals surface area contributed by atoms with Gasteiger partial charge in [-0.3, -0.25) is 4.79 Å². The summed E-state index contributed by atoms with van der Waals surface area (Å²) in [5, 5.41) is 7.41. The van der Waals surface area contributed by atoms with Gasteiger partial charge in [0.1, 0.15) is 5.75 Å². The monoisotopic (exact) mass is 451 g/mol. The van der Waals surface area contributed by atoms with Crippen molar-refractivity contribution in [1.29, 1.82) is 0 Å². The number of halogens is 2. The van der Waals surface area contributed by atoms with Crippen molar-refractivity contribution in [2.45, 2.75) is 44.3 Å². The number of piperidine rings is 1. The fourth-order valence-corrected chi connectivity index (χ4v) is 4.40. The van der Waals surface area contributed by atoms with E-state index < -0.39 is 0 Å². The molecule has 2 unspecified atom stereocenters. The van der Waals surface area contributed by atoms with E-state index in [4.69, 9.17) is 4.74 Å². The highest BCUT2D eigenvalue weighted by molar-refractivity contribution is 5.96. The Labute approximate surface area is 191 Å². The molecule has 7 heteroatoms. The number of hydrogen-bond donors (Lipinski definition) is 2. The predicted octanol–water partition coefficient (Wildman–Crippen LogP) is 4.03. The molecule has 164 valence electrons. The van der Waals surface area contributed by atoms with Crippen molar-refractivity contribution in [3.05, 3.63) is 59.2 Å². The quantitative estimate of drug-likeness (QED) is 0.720. The zero-order valence-electron chi connectivity index (χ0n) is 17.5. The lowest BCUT2D eigenvalue weighted by atomic mass is 9.92. The van der Waals surface area contributed by atoms with Gasteiger partial charge in [-0.2, -0.15) is 0 Å². The number of methoxy groups -OCH3 is 1. The van der Waals surface area contributed by atoms with Gasteiger partial charge in [-0.05, 0) is 49.1 Å². The SMILES string of the molecule is COc1cc2c(cc1CNC1CCCNC1c1ccccc1)N(C)C(=O)CC2.Cl.Cl. The number of nitrogens with one attached hydrogen (secondary N) is 2. The van der Waals surface area contributed by atoms with E-state index in [1.807, 2.05) is 7.05 Å². The Bertz CT molecular complexity index is 848. The second-order valence-electron chi connectivity index (χ2n) is 7.72. The van der Waals surface area contributed by atoms with Crippen LogP contribution < -0.4 is 20.3 Å². The van der Waals surface area contributed by atoms with Crippen molar-refractivity contribution in [3.8, 4) is 5.75 Å². The predicted molar refractivity (Wildman–Crippen MR) is 126 cm³/mol. The number of hydrogen-bond acceptors (Lipinski definition) is 4. The molecule has 4 rings (SSSR count). The molecule has 5 nitrogen and oxygen atoms in total. The van der Waals surface area contributed by atoms with Crippen LogP contribution in [0, 0.1) is 0 Å². The molecule has 1 fully saturated rings. The van der Waals surface area contributed by atoms with Crippen LogP contribution in [-0.4, -0.2) is 32.7 Å². The van der Waals surface area contributed by atoms with E-state index in [1.165, 1.54) is 17.5 Å². The molecule has 30 heavy (non-hydrogen) atoms. The van der Waals surface area contributed by atoms with Crippen LogP contribution in [0.5, 0.6) is 5.75 Å². The lowest BCUT2D eigenvalue weighted by Crippen LogP contribution is -2.45. The molecule has 2 N–H and O–H groups in total. The van der Waals surface area contributed by atoms with Gasteiger partial charge in [0.2, 0.25) is 5.91 Å². The molecule has 0 bridgehead atoms. The maximum atomic E-state index is 12.1. The largest absolute Gasteiger partial charge is 0.496 e. The summed E-state index contributed by atoms with van der Waals surface area (Å²) in [5.41, 5.74) is 4.61. The average molecular weight is 452 g/mol. The molecular weight excluding hydrogens is 421 g/mol. The molecule has 0 spiro atoms. The van der Waals surface area contributed by atoms with Crippen LogP contribution >= 0.6 is 24.8 Å². The number of fused-ring (bicyclic) bond motifs is 1. The number of nitrogens with zero attached hydrogens (tertiary/aromatic N) is 1. The van der Waals surface area contributed by atoms with Gasteiger partial charge in [0, 0.05) is 43.3 Å². The normalized spacial score (nSPS) is 20.6. The van der Waals surface area contributed by atoms with E-state index >= 15 is 0 Å². The molecule has 2 aromatic rings. The van der Waals surface area contributed by atoms with E-state index in [0.717, 1.165) is 36.4 Å². The molecule has 0 aliphatic carbocycles. The summed E-state index contributed by atoms with van der Waals surface area (Å²) < 4.78 is 5.67. The van der Waals surface area contributed by atoms with E-state index in [2.05, 4.69) is 53.1 Å². The average Bonchev–Trinajstić information content (AvgIpc) is 2.75. The number of aryl methyl sites for hydroxylation is 1. The topological polar surface area (TPSA) is 53.6 Å². The first-order valence-electron chi connectivity index (χ1n) is 10.2. The summed E-state index contributed by atoms with van der Waals surface area (Å²) in [5.74, 6) is 1.08. The summed E-state index contributed by atoms with van der Waals surface area (Å²) in [6, 6.07) is 15.5. The number of ether oxygens (including phenoxy) is 1. The van der Waals surface area contributed by atoms with E-state index in [-0.39, 0.29) is 30.7 Å². The van der Waals surface area contributed by atoms with Gasteiger partial charge in [0.15, 0.2) is 0 Å². The molecule has 0 saturated carbocycles. The van der Waals surface area contributed by atoms with Crippen molar-refractivity contribution in [1.82, 2.24) is 10.6 Å². The van der Waals surface area contributed by atoms with Gasteiger partial charge in [0.05, 0.1) is 7.11 Å². The molecule has 2 aliphatic heterocycles. The first-order chi connectivity index (χ1) is 13.7. The molecule has 0 aromatic heterocycles. The minimum Gasteiger partial charge on any atom is -0.496 e. The van der Waals surface area contributed by atoms with Crippen LogP contribution in [0.15, 0.2) is 42.5 Å². The lowest BCUT2D eigenvalue weighted by Gasteiger charge is -2.34. The minimum absolute atomic E-state index is 0. The fourth-order valence-electron chi connectivity index (χ4n) is 4.40. The number of amides is 1. The van der Waals surface area contributed by atoms with Gasteiger partial charge in [-0.25, -0.2) is 0 Å². The Morgan fingerprint density at radius 3 is 2.67 bits per heavy atom. The summed E-state index contributed by atoms with van der Waals surface area (Å²) in [7, 11) is 3.58. The Hall–Kier alpha value is -1.79. The van der Waals surface area contributed by atoms with Gasteiger partial charge >= 0.3 is 0 Å². The van der Waals surface area contributed by atoms with Crippen LogP contribution in [0.25, 0.3) is 0 Å². The zero-order valence-corrected chi connectivity index (χ0v) is 19.2. The smallest absolute Gasteiger partial charge is 0.227 e. The number of rotatable bonds is 5. The van der Waals surface area contributed by atoms with Crippen LogP contribution in [0.2, 0.25) is 0 Å². The van der Waals surface area contributed by atoms with E-state index in [1.54, 1.807) is 12.0 Å². The van der Waals surface area contributed by atoms with Gasteiger partial charge in [-0.15, -0.1) is 24.8 Å². The third-order valence-corrected chi connectivity index (χ3v) is 6.00. The maximum absolute atomic E-state index is 12.1. The molecule has 2 aromatic carbocycles. The molecule has 2 heterocycles. The third kappa shape index (κ3) is 5.09. The standard InChI is InChI=1S/C23H29N3O2.2ClH/c1-26-20-13-18(21(28-2)14-17(20)10-11-22(26)27)15-25-19-9-6-12-24-23(19)16-7-4-3-5-8-16;;/h3-5,7-8,13-14,19,23-25H,6,9-12,15H2,1-2H3;2*1H. The first kappa shape index (κ1) is 24.5. The van der Waals surface area contributed by atoms with Crippen molar-refractivity contribution < 1.29 is 9.53 Å². The summed E-state index contributed by atoms with van der Waals surface area (Å²) in [6.45, 7) is 1.76. The molecule has 0 radical (unpaired) electrons. The summed E-state index contributed by atoms with van der Waals surface area (Å²) in [6.07, 6.45) is 3.65. The molecule has 1 amide bonds. The van der Waals surface area contributed by atoms with Crippen molar-refractivity contribution in [3.63, 3.8) is 0 Å². The number of carbonyl (C=O) groups is 1. The van der Waals surface area contributed by atoms with Crippen LogP contribution in [0.4, 0.5) is 5.69 Å². The second kappa shape index (κ2) is 11.0. The minimum atomic E-state index is 0. The number of benzene rings is 2. The Morgan fingerprint density at radius 2 is 1.93 bits per heavy atom. The fraction of sp³-hybridized carbons (Fsp3) is 0.435.